The van der Waals surface area contributed by atoms with Gasteiger partial charge >= 0.3 is 0 Å². The maximum absolute atomic E-state index is 2.39. The van der Waals surface area contributed by atoms with Crippen molar-refractivity contribution in [1.82, 2.24) is 0 Å². The Bertz CT molecular complexity index is 5330. The van der Waals surface area contributed by atoms with E-state index in [9.17, 15) is 0 Å². The topological polar surface area (TPSA) is 9.72 Å². The molecule has 18 rings (SSSR count). The van der Waals surface area contributed by atoms with E-state index in [1.165, 1.54) is 167 Å². The van der Waals surface area contributed by atoms with Crippen molar-refractivity contribution in [3.8, 4) is 66.8 Å². The third kappa shape index (κ3) is 10.2. The average molecular weight is 1270 g/mol. The van der Waals surface area contributed by atoms with Crippen LogP contribution in [0.2, 0.25) is 0 Å². The van der Waals surface area contributed by atoms with Crippen molar-refractivity contribution >= 4 is 55.7 Å². The second-order valence-electron chi connectivity index (χ2n) is 29.5. The first-order chi connectivity index (χ1) is 47.4. The fourth-order valence-corrected chi connectivity index (χ4v) is 16.6. The predicted octanol–water partition coefficient (Wildman–Crippen LogP) is 25.2. The minimum Gasteiger partial charge on any atom is -0.345 e. The van der Waals surface area contributed by atoms with Crippen molar-refractivity contribution < 1.29 is 0 Å². The minimum absolute atomic E-state index is 0.0149. The van der Waals surface area contributed by atoms with Crippen LogP contribution in [0.3, 0.4) is 0 Å². The molecule has 0 atom stereocenters. The normalized spacial score (nSPS) is 14.4. The second kappa shape index (κ2) is 23.7. The van der Waals surface area contributed by atoms with Crippen LogP contribution >= 0.6 is 0 Å². The Balaban J connectivity index is 0.000000115. The molecule has 0 aliphatic heterocycles. The molecule has 98 heavy (non-hydrogen) atoms. The Labute approximate surface area is 579 Å². The molecule has 0 spiro atoms. The van der Waals surface area contributed by atoms with Gasteiger partial charge in [-0.1, -0.05) is 280 Å². The average Bonchev–Trinajstić information content (AvgIpc) is 1.60. The van der Waals surface area contributed by atoms with Crippen molar-refractivity contribution in [2.24, 2.45) is 0 Å². The van der Waals surface area contributed by atoms with E-state index in [0.717, 1.165) is 0 Å². The van der Waals surface area contributed by atoms with Gasteiger partial charge in [0.25, 0.3) is 0 Å². The molecule has 0 heterocycles. The lowest BCUT2D eigenvalue weighted by molar-refractivity contribution is 0.659. The lowest BCUT2D eigenvalue weighted by atomic mass is 9.82. The zero-order valence-electron chi connectivity index (χ0n) is 58.2. The molecule has 3 heteroatoms. The molecule has 0 fully saturated rings. The van der Waals surface area contributed by atoms with Crippen LogP contribution < -0.4 is 14.7 Å². The maximum atomic E-state index is 2.39. The maximum Gasteiger partial charge on any atom is 0.0411 e. The van der Waals surface area contributed by atoms with Crippen LogP contribution in [0, 0.1) is 0 Å². The molecular formula is C95H83N3. The molecule has 4 aliphatic carbocycles. The molecule has 14 aromatic rings. The van der Waals surface area contributed by atoms with Gasteiger partial charge in [-0.05, 0) is 212 Å². The summed E-state index contributed by atoms with van der Waals surface area (Å²) < 4.78 is 0. The molecular weight excluding hydrogens is 1180 g/mol. The molecule has 14 aromatic carbocycles. The fraction of sp³-hybridized carbons (Fsp3) is 0.158. The van der Waals surface area contributed by atoms with Crippen molar-refractivity contribution in [2.45, 2.75) is 77.0 Å². The molecule has 0 N–H and O–H groups in total. The summed E-state index contributed by atoms with van der Waals surface area (Å²) in [5.74, 6) is 0. The monoisotopic (exact) mass is 1270 g/mol. The van der Waals surface area contributed by atoms with Gasteiger partial charge < -0.3 is 14.7 Å². The second-order valence-corrected chi connectivity index (χ2v) is 29.5. The molecule has 0 amide bonds. The first kappa shape index (κ1) is 61.8. The Kier molecular flexibility index (Phi) is 14.9. The first-order valence-corrected chi connectivity index (χ1v) is 34.7. The van der Waals surface area contributed by atoms with Crippen LogP contribution in [0.15, 0.2) is 303 Å². The van der Waals surface area contributed by atoms with Gasteiger partial charge in [-0.3, -0.25) is 0 Å². The quantitative estimate of drug-likeness (QED) is 0.150. The SMILES string of the molecule is CN(c1ccc(-c2ccc3ccccc3c2)cc1)c1ccc2c(c1)C(C)(C)c1ccccc1-2.CN(c1ccc(-c2cccc3ccccc23)cc1)c1ccc2c(c1)C(C)(C)c1ccccc1-2.CN(c1ccc2c(c1)C(C)(C)c1ccccc1-2)c1ccc2c(c1)C(C)(C)c1ccccc1-2. The van der Waals surface area contributed by atoms with Gasteiger partial charge in [0.15, 0.2) is 0 Å². The fourth-order valence-electron chi connectivity index (χ4n) is 16.6. The van der Waals surface area contributed by atoms with E-state index in [-0.39, 0.29) is 21.7 Å². The zero-order chi connectivity index (χ0) is 67.4. The highest BCUT2D eigenvalue weighted by molar-refractivity contribution is 5.97. The Morgan fingerprint density at radius 3 is 0.857 bits per heavy atom. The largest absolute Gasteiger partial charge is 0.345 e. The van der Waals surface area contributed by atoms with Crippen LogP contribution in [0.1, 0.15) is 99.9 Å². The smallest absolute Gasteiger partial charge is 0.0411 e. The molecule has 4 aliphatic rings. The summed E-state index contributed by atoms with van der Waals surface area (Å²) in [5, 5.41) is 5.12. The third-order valence-corrected chi connectivity index (χ3v) is 22.5. The summed E-state index contributed by atoms with van der Waals surface area (Å²) in [5.41, 5.74) is 34.6. The van der Waals surface area contributed by atoms with Crippen LogP contribution in [-0.4, -0.2) is 21.1 Å². The lowest BCUT2D eigenvalue weighted by Gasteiger charge is -2.27. The van der Waals surface area contributed by atoms with Gasteiger partial charge in [-0.15, -0.1) is 0 Å². The number of anilines is 6. The standard InChI is InChI=1S/2C32H27N.C31H29N/c1-32(2)30-14-7-6-12-28(30)29-20-19-25(21-31(29)32)33(3)24-17-15-23(16-18-24)27-13-8-10-22-9-4-5-11-26(22)27;1-32(2)30-11-7-6-10-28(30)29-19-18-27(21-31(29)32)33(3)26-16-14-23(15-17-26)25-13-12-22-8-4-5-9-24(22)20-25;1-30(2)26-12-8-6-10-22(26)24-16-14-20(18-28(24)30)32(5)21-15-17-25-23-11-7-9-13-27(23)31(3,4)29(25)19-21/h2*4-21H,1-3H3;6-19H,1-5H3. The van der Waals surface area contributed by atoms with Crippen molar-refractivity contribution in [3.63, 3.8) is 0 Å². The number of fused-ring (bicyclic) bond motifs is 14. The summed E-state index contributed by atoms with van der Waals surface area (Å²) in [6.07, 6.45) is 0. The number of benzene rings is 14. The molecule has 0 saturated carbocycles. The predicted molar refractivity (Wildman–Crippen MR) is 419 cm³/mol. The number of rotatable bonds is 8. The van der Waals surface area contributed by atoms with E-state index in [4.69, 9.17) is 0 Å². The van der Waals surface area contributed by atoms with Crippen LogP contribution in [0.25, 0.3) is 88.3 Å². The third-order valence-electron chi connectivity index (χ3n) is 22.5. The van der Waals surface area contributed by atoms with Gasteiger partial charge in [0.2, 0.25) is 0 Å². The van der Waals surface area contributed by atoms with E-state index in [1.54, 1.807) is 0 Å². The molecule has 3 nitrogen and oxygen atoms in total. The van der Waals surface area contributed by atoms with E-state index in [1.807, 2.05) is 0 Å². The summed E-state index contributed by atoms with van der Waals surface area (Å²) in [6.45, 7) is 18.7. The molecule has 0 radical (unpaired) electrons. The minimum atomic E-state index is 0.0149. The number of hydrogen-bond acceptors (Lipinski definition) is 3. The number of nitrogens with zero attached hydrogens (tertiary/aromatic N) is 3. The van der Waals surface area contributed by atoms with E-state index in [0.29, 0.717) is 0 Å². The first-order valence-electron chi connectivity index (χ1n) is 34.7. The van der Waals surface area contributed by atoms with Crippen molar-refractivity contribution in [1.29, 1.82) is 0 Å². The number of hydrogen-bond donors (Lipinski definition) is 0. The molecule has 0 saturated heterocycles. The lowest BCUT2D eigenvalue weighted by Crippen LogP contribution is -2.17. The summed E-state index contributed by atoms with van der Waals surface area (Å²) in [7, 11) is 6.50. The Morgan fingerprint density at radius 2 is 0.459 bits per heavy atom. The highest BCUT2D eigenvalue weighted by atomic mass is 15.1. The van der Waals surface area contributed by atoms with Crippen molar-refractivity contribution in [3.05, 3.63) is 348 Å². The van der Waals surface area contributed by atoms with Crippen LogP contribution in [-0.2, 0) is 21.7 Å². The Hall–Kier alpha value is -11.0. The summed E-state index contributed by atoms with van der Waals surface area (Å²) in [6, 6.07) is 111. The summed E-state index contributed by atoms with van der Waals surface area (Å²) >= 11 is 0. The van der Waals surface area contributed by atoms with Gasteiger partial charge in [0, 0.05) is 76.9 Å². The highest BCUT2D eigenvalue weighted by Gasteiger charge is 2.39. The van der Waals surface area contributed by atoms with Crippen molar-refractivity contribution in [2.75, 3.05) is 35.8 Å². The Morgan fingerprint density at radius 1 is 0.184 bits per heavy atom. The van der Waals surface area contributed by atoms with Crippen LogP contribution in [0.5, 0.6) is 0 Å². The summed E-state index contributed by atoms with van der Waals surface area (Å²) in [4.78, 5) is 6.90. The van der Waals surface area contributed by atoms with Gasteiger partial charge in [-0.2, -0.15) is 0 Å². The van der Waals surface area contributed by atoms with E-state index >= 15 is 0 Å². The zero-order valence-corrected chi connectivity index (χ0v) is 58.2. The molecule has 0 aromatic heterocycles. The molecule has 478 valence electrons. The van der Waals surface area contributed by atoms with E-state index in [2.05, 4.69) is 395 Å². The molecule has 0 unspecified atom stereocenters. The van der Waals surface area contributed by atoms with Gasteiger partial charge in [0.1, 0.15) is 0 Å². The van der Waals surface area contributed by atoms with Crippen LogP contribution in [0.4, 0.5) is 34.1 Å². The van der Waals surface area contributed by atoms with Gasteiger partial charge in [0.05, 0.1) is 0 Å². The van der Waals surface area contributed by atoms with Gasteiger partial charge in [-0.25, -0.2) is 0 Å². The van der Waals surface area contributed by atoms with E-state index < -0.39 is 0 Å². The highest BCUT2D eigenvalue weighted by Crippen LogP contribution is 2.54. The molecule has 0 bridgehead atoms.